The Balaban J connectivity index is 1.47. The molecule has 0 bridgehead atoms. The summed E-state index contributed by atoms with van der Waals surface area (Å²) in [7, 11) is 0. The fraction of sp³-hybridized carbons (Fsp3) is 0. The van der Waals surface area contributed by atoms with Gasteiger partial charge in [0.2, 0.25) is 0 Å². The number of hydrogen-bond acceptors (Lipinski definition) is 7. The molecule has 8 nitrogen and oxygen atoms in total. The molecule has 0 saturated carbocycles. The second-order valence-electron chi connectivity index (χ2n) is 6.58. The van der Waals surface area contributed by atoms with Crippen LogP contribution in [0.15, 0.2) is 88.8 Å². The molecule has 4 rings (SSSR count). The second-order valence-corrected chi connectivity index (χ2v) is 7.61. The van der Waals surface area contributed by atoms with Crippen molar-refractivity contribution in [2.75, 3.05) is 0 Å². The van der Waals surface area contributed by atoms with E-state index in [1.54, 1.807) is 30.3 Å². The molecule has 1 heterocycles. The van der Waals surface area contributed by atoms with E-state index in [0.29, 0.717) is 15.6 Å². The van der Waals surface area contributed by atoms with Crippen LogP contribution >= 0.6 is 11.8 Å². The van der Waals surface area contributed by atoms with Gasteiger partial charge in [0.05, 0.1) is 21.1 Å². The molecule has 0 unspecified atom stereocenters. The number of aliphatic imine (C=N–C) groups is 1. The Labute approximate surface area is 186 Å². The van der Waals surface area contributed by atoms with E-state index < -0.39 is 10.9 Å². The van der Waals surface area contributed by atoms with Crippen molar-refractivity contribution in [1.29, 1.82) is 0 Å². The average molecular weight is 445 g/mol. The summed E-state index contributed by atoms with van der Waals surface area (Å²) in [5.41, 5.74) is 1.47. The zero-order valence-corrected chi connectivity index (χ0v) is 17.2. The quantitative estimate of drug-likeness (QED) is 0.200. The lowest BCUT2D eigenvalue weighted by atomic mass is 10.2. The number of benzene rings is 3. The number of nitro groups is 1. The lowest BCUT2D eigenvalue weighted by Crippen LogP contribution is -2.19. The van der Waals surface area contributed by atoms with Gasteiger partial charge in [-0.3, -0.25) is 14.9 Å². The Morgan fingerprint density at radius 3 is 2.50 bits per heavy atom. The van der Waals surface area contributed by atoms with Gasteiger partial charge >= 0.3 is 5.97 Å². The Hall–Kier alpha value is -4.24. The number of non-ortho nitro benzene ring substituents is 1. The first-order chi connectivity index (χ1) is 15.5. The van der Waals surface area contributed by atoms with Crippen LogP contribution in [0.4, 0.5) is 11.4 Å². The topological polar surface area (TPSA) is 111 Å². The minimum atomic E-state index is -0.644. The number of nitro benzene ring substituents is 1. The Kier molecular flexibility index (Phi) is 6.09. The number of hydrogen-bond donors (Lipinski definition) is 1. The molecule has 32 heavy (non-hydrogen) atoms. The molecule has 0 spiro atoms. The lowest BCUT2D eigenvalue weighted by molar-refractivity contribution is -0.384. The van der Waals surface area contributed by atoms with Crippen LogP contribution in [0.25, 0.3) is 6.08 Å². The summed E-state index contributed by atoms with van der Waals surface area (Å²) in [5, 5.41) is 13.9. The summed E-state index contributed by atoms with van der Waals surface area (Å²) in [6.45, 7) is 0. The van der Waals surface area contributed by atoms with Gasteiger partial charge in [0.1, 0.15) is 5.75 Å². The second kappa shape index (κ2) is 9.27. The van der Waals surface area contributed by atoms with E-state index in [1.165, 1.54) is 36.0 Å². The van der Waals surface area contributed by atoms with Gasteiger partial charge in [0.15, 0.2) is 5.17 Å². The van der Waals surface area contributed by atoms with Crippen LogP contribution < -0.4 is 10.1 Å². The number of para-hydroxylation sites is 1. The molecule has 1 saturated heterocycles. The van der Waals surface area contributed by atoms with Crippen molar-refractivity contribution in [3.63, 3.8) is 0 Å². The predicted octanol–water partition coefficient (Wildman–Crippen LogP) is 4.71. The highest BCUT2D eigenvalue weighted by molar-refractivity contribution is 8.18. The van der Waals surface area contributed by atoms with Crippen LogP contribution in [0.3, 0.4) is 0 Å². The Morgan fingerprint density at radius 2 is 1.78 bits per heavy atom. The average Bonchev–Trinajstić information content (AvgIpc) is 3.13. The monoisotopic (exact) mass is 445 g/mol. The largest absolute Gasteiger partial charge is 0.423 e. The normalized spacial score (nSPS) is 15.6. The number of amidine groups is 1. The van der Waals surface area contributed by atoms with Crippen LogP contribution in [0.1, 0.15) is 15.9 Å². The minimum absolute atomic E-state index is 0.113. The fourth-order valence-corrected chi connectivity index (χ4v) is 3.65. The molecule has 0 aromatic heterocycles. The fourth-order valence-electron chi connectivity index (χ4n) is 2.80. The van der Waals surface area contributed by atoms with Crippen molar-refractivity contribution in [1.82, 2.24) is 5.32 Å². The molecular weight excluding hydrogens is 430 g/mol. The van der Waals surface area contributed by atoms with Gasteiger partial charge in [-0.05, 0) is 59.8 Å². The molecule has 1 fully saturated rings. The van der Waals surface area contributed by atoms with E-state index >= 15 is 0 Å². The van der Waals surface area contributed by atoms with E-state index in [0.717, 1.165) is 5.69 Å². The molecule has 0 aliphatic carbocycles. The standard InChI is InChI=1S/C23H15N3O5S/c27-21-20(32-23(25-21)24-17-6-2-1-3-7-17)14-15-5-4-8-19(13-15)31-22(28)16-9-11-18(12-10-16)26(29)30/h1-14H,(H,24,25,27)/b20-14+. The summed E-state index contributed by atoms with van der Waals surface area (Å²) in [6, 6.07) is 21.1. The maximum absolute atomic E-state index is 12.3. The van der Waals surface area contributed by atoms with Gasteiger partial charge in [0.25, 0.3) is 11.6 Å². The molecule has 0 radical (unpaired) electrons. The molecule has 3 aromatic carbocycles. The number of thioether (sulfide) groups is 1. The van der Waals surface area contributed by atoms with Crippen LogP contribution in [-0.4, -0.2) is 22.0 Å². The highest BCUT2D eigenvalue weighted by Crippen LogP contribution is 2.29. The van der Waals surface area contributed by atoms with E-state index in [4.69, 9.17) is 4.74 Å². The van der Waals surface area contributed by atoms with Crippen LogP contribution in [0, 0.1) is 10.1 Å². The molecule has 9 heteroatoms. The molecule has 3 aromatic rings. The maximum Gasteiger partial charge on any atom is 0.343 e. The first-order valence-corrected chi connectivity index (χ1v) is 10.2. The number of rotatable bonds is 5. The number of nitrogens with zero attached hydrogens (tertiary/aromatic N) is 2. The third kappa shape index (κ3) is 5.08. The number of carbonyl (C=O) groups is 2. The maximum atomic E-state index is 12.3. The number of esters is 1. The van der Waals surface area contributed by atoms with E-state index in [-0.39, 0.29) is 22.9 Å². The predicted molar refractivity (Wildman–Crippen MR) is 122 cm³/mol. The van der Waals surface area contributed by atoms with Crippen molar-refractivity contribution >= 4 is 46.3 Å². The number of carbonyl (C=O) groups excluding carboxylic acids is 2. The zero-order chi connectivity index (χ0) is 22.5. The summed E-state index contributed by atoms with van der Waals surface area (Å²) in [4.78, 5) is 39.7. The van der Waals surface area contributed by atoms with Gasteiger partial charge in [-0.2, -0.15) is 0 Å². The highest BCUT2D eigenvalue weighted by atomic mass is 32.2. The van der Waals surface area contributed by atoms with Gasteiger partial charge in [-0.1, -0.05) is 30.3 Å². The Morgan fingerprint density at radius 1 is 1.03 bits per heavy atom. The lowest BCUT2D eigenvalue weighted by Gasteiger charge is -2.05. The van der Waals surface area contributed by atoms with Crippen molar-refractivity contribution in [3.05, 3.63) is 105 Å². The van der Waals surface area contributed by atoms with Gasteiger partial charge in [-0.25, -0.2) is 9.79 Å². The summed E-state index contributed by atoms with van der Waals surface area (Å²) in [6.07, 6.45) is 1.68. The van der Waals surface area contributed by atoms with Crippen molar-refractivity contribution in [2.24, 2.45) is 4.99 Å². The highest BCUT2D eigenvalue weighted by Gasteiger charge is 2.23. The smallest absolute Gasteiger partial charge is 0.343 e. The molecular formula is C23H15N3O5S. The third-order valence-electron chi connectivity index (χ3n) is 4.32. The molecule has 1 aliphatic rings. The first kappa shape index (κ1) is 21.0. The minimum Gasteiger partial charge on any atom is -0.423 e. The SMILES string of the molecule is O=C1NC(=Nc2ccccc2)S/C1=C/c1cccc(OC(=O)c2ccc([N+](=O)[O-])cc2)c1. The third-order valence-corrected chi connectivity index (χ3v) is 5.23. The molecule has 1 amide bonds. The first-order valence-electron chi connectivity index (χ1n) is 9.39. The number of amides is 1. The number of ether oxygens (including phenoxy) is 1. The molecule has 1 aliphatic heterocycles. The Bertz CT molecular complexity index is 1250. The summed E-state index contributed by atoms with van der Waals surface area (Å²) >= 11 is 1.22. The summed E-state index contributed by atoms with van der Waals surface area (Å²) < 4.78 is 5.36. The van der Waals surface area contributed by atoms with Crippen molar-refractivity contribution < 1.29 is 19.2 Å². The zero-order valence-electron chi connectivity index (χ0n) is 16.4. The molecule has 0 atom stereocenters. The summed E-state index contributed by atoms with van der Waals surface area (Å²) in [5.74, 6) is -0.628. The van der Waals surface area contributed by atoms with E-state index in [2.05, 4.69) is 10.3 Å². The van der Waals surface area contributed by atoms with Gasteiger partial charge in [0, 0.05) is 12.1 Å². The van der Waals surface area contributed by atoms with Crippen LogP contribution in [0.5, 0.6) is 5.75 Å². The van der Waals surface area contributed by atoms with Crippen LogP contribution in [-0.2, 0) is 4.79 Å². The van der Waals surface area contributed by atoms with E-state index in [1.807, 2.05) is 30.3 Å². The van der Waals surface area contributed by atoms with Crippen LogP contribution in [0.2, 0.25) is 0 Å². The van der Waals surface area contributed by atoms with E-state index in [9.17, 15) is 19.7 Å². The van der Waals surface area contributed by atoms with Gasteiger partial charge in [-0.15, -0.1) is 0 Å². The van der Waals surface area contributed by atoms with Crippen molar-refractivity contribution in [2.45, 2.75) is 0 Å². The molecule has 1 N–H and O–H groups in total. The van der Waals surface area contributed by atoms with Gasteiger partial charge < -0.3 is 10.1 Å². The van der Waals surface area contributed by atoms with Crippen molar-refractivity contribution in [3.8, 4) is 5.75 Å². The molecule has 158 valence electrons. The number of nitrogens with one attached hydrogen (secondary N) is 1.